The predicted octanol–water partition coefficient (Wildman–Crippen LogP) is 4.17. The van der Waals surface area contributed by atoms with E-state index in [1.807, 2.05) is 31.2 Å². The van der Waals surface area contributed by atoms with Gasteiger partial charge >= 0.3 is 5.97 Å². The van der Waals surface area contributed by atoms with Crippen molar-refractivity contribution in [3.8, 4) is 23.1 Å². The summed E-state index contributed by atoms with van der Waals surface area (Å²) >= 11 is 0. The molecule has 0 spiro atoms. The Morgan fingerprint density at radius 3 is 2.24 bits per heavy atom. The van der Waals surface area contributed by atoms with E-state index in [-0.39, 0.29) is 6.61 Å². The molecule has 0 radical (unpaired) electrons. The normalized spacial score (nSPS) is 10.1. The molecule has 0 fully saturated rings. The lowest BCUT2D eigenvalue weighted by Gasteiger charge is -2.08. The zero-order chi connectivity index (χ0) is 17.5. The molecule has 5 heteroatoms. The number of ether oxygens (including phenoxy) is 3. The number of benzene rings is 2. The molecule has 2 aromatic carbocycles. The maximum Gasteiger partial charge on any atom is 0.349 e. The first-order valence-corrected chi connectivity index (χ1v) is 7.78. The molecule has 0 saturated heterocycles. The molecule has 0 aliphatic carbocycles. The van der Waals surface area contributed by atoms with Gasteiger partial charge in [0.2, 0.25) is 5.88 Å². The second kappa shape index (κ2) is 7.97. The van der Waals surface area contributed by atoms with Crippen molar-refractivity contribution in [1.82, 2.24) is 4.98 Å². The van der Waals surface area contributed by atoms with E-state index in [1.54, 1.807) is 48.7 Å². The summed E-state index contributed by atoms with van der Waals surface area (Å²) in [5.41, 5.74) is 1.10. The minimum Gasteiger partial charge on any atom is -0.482 e. The van der Waals surface area contributed by atoms with Gasteiger partial charge in [0, 0.05) is 12.3 Å². The molecule has 3 rings (SSSR count). The maximum absolute atomic E-state index is 11.8. The van der Waals surface area contributed by atoms with Gasteiger partial charge in [-0.15, -0.1) is 0 Å². The first kappa shape index (κ1) is 16.5. The Labute approximate surface area is 145 Å². The van der Waals surface area contributed by atoms with Crippen molar-refractivity contribution in [3.63, 3.8) is 0 Å². The number of aryl methyl sites for hydroxylation is 1. The number of rotatable bonds is 6. The highest BCUT2D eigenvalue weighted by atomic mass is 16.6. The summed E-state index contributed by atoms with van der Waals surface area (Å²) in [7, 11) is 0. The number of aromatic nitrogens is 1. The molecule has 126 valence electrons. The van der Waals surface area contributed by atoms with Gasteiger partial charge in [0.15, 0.2) is 6.61 Å². The zero-order valence-corrected chi connectivity index (χ0v) is 13.7. The third-order valence-electron chi connectivity index (χ3n) is 3.29. The highest BCUT2D eigenvalue weighted by Crippen LogP contribution is 2.22. The monoisotopic (exact) mass is 335 g/mol. The fourth-order valence-corrected chi connectivity index (χ4v) is 2.04. The number of carbonyl (C=O) groups excluding carboxylic acids is 1. The molecular weight excluding hydrogens is 318 g/mol. The van der Waals surface area contributed by atoms with E-state index in [4.69, 9.17) is 14.2 Å². The molecule has 1 heterocycles. The largest absolute Gasteiger partial charge is 0.482 e. The van der Waals surface area contributed by atoms with Crippen molar-refractivity contribution >= 4 is 5.97 Å². The number of carbonyl (C=O) groups is 1. The SMILES string of the molecule is Cc1ccc(OC(=O)COc2ccc(Oc3ccccn3)cc2)cc1. The van der Waals surface area contributed by atoms with Crippen molar-refractivity contribution in [2.45, 2.75) is 6.92 Å². The standard InChI is InChI=1S/C20H17NO4/c1-15-5-7-18(8-6-15)25-20(22)14-23-16-9-11-17(12-10-16)24-19-4-2-3-13-21-19/h2-13H,14H2,1H3. The lowest BCUT2D eigenvalue weighted by Crippen LogP contribution is -2.17. The zero-order valence-electron chi connectivity index (χ0n) is 13.7. The summed E-state index contributed by atoms with van der Waals surface area (Å²) in [6, 6.07) is 19.6. The van der Waals surface area contributed by atoms with Crippen LogP contribution in [0.3, 0.4) is 0 Å². The lowest BCUT2D eigenvalue weighted by molar-refractivity contribution is -0.136. The summed E-state index contributed by atoms with van der Waals surface area (Å²) < 4.78 is 16.2. The molecular formula is C20H17NO4. The number of esters is 1. The van der Waals surface area contributed by atoms with Gasteiger partial charge in [0.25, 0.3) is 0 Å². The van der Waals surface area contributed by atoms with Gasteiger partial charge in [-0.25, -0.2) is 9.78 Å². The van der Waals surface area contributed by atoms with Gasteiger partial charge in [-0.2, -0.15) is 0 Å². The van der Waals surface area contributed by atoms with E-state index in [0.29, 0.717) is 23.1 Å². The summed E-state index contributed by atoms with van der Waals surface area (Å²) in [5.74, 6) is 1.73. The molecule has 0 bridgehead atoms. The van der Waals surface area contributed by atoms with E-state index in [1.165, 1.54) is 0 Å². The first-order valence-electron chi connectivity index (χ1n) is 7.78. The van der Waals surface area contributed by atoms with Crippen LogP contribution in [0.25, 0.3) is 0 Å². The molecule has 0 unspecified atom stereocenters. The highest BCUT2D eigenvalue weighted by molar-refractivity contribution is 5.73. The van der Waals surface area contributed by atoms with Crippen LogP contribution in [0, 0.1) is 6.92 Å². The van der Waals surface area contributed by atoms with Crippen molar-refractivity contribution in [1.29, 1.82) is 0 Å². The van der Waals surface area contributed by atoms with Gasteiger partial charge in [0.1, 0.15) is 17.2 Å². The Morgan fingerprint density at radius 2 is 1.56 bits per heavy atom. The number of nitrogens with zero attached hydrogens (tertiary/aromatic N) is 1. The average molecular weight is 335 g/mol. The van der Waals surface area contributed by atoms with Crippen molar-refractivity contribution in [2.24, 2.45) is 0 Å². The van der Waals surface area contributed by atoms with Crippen LogP contribution in [0.5, 0.6) is 23.1 Å². The van der Waals surface area contributed by atoms with E-state index in [9.17, 15) is 4.79 Å². The molecule has 0 atom stereocenters. The summed E-state index contributed by atoms with van der Waals surface area (Å²) in [4.78, 5) is 15.9. The number of pyridine rings is 1. The van der Waals surface area contributed by atoms with E-state index in [0.717, 1.165) is 5.56 Å². The fourth-order valence-electron chi connectivity index (χ4n) is 2.04. The van der Waals surface area contributed by atoms with Gasteiger partial charge < -0.3 is 14.2 Å². The Hall–Kier alpha value is -3.34. The van der Waals surface area contributed by atoms with Crippen molar-refractivity contribution in [2.75, 3.05) is 6.61 Å². The van der Waals surface area contributed by atoms with Gasteiger partial charge in [-0.05, 0) is 49.4 Å². The summed E-state index contributed by atoms with van der Waals surface area (Å²) in [6.45, 7) is 1.80. The minimum absolute atomic E-state index is 0.172. The molecule has 1 aromatic heterocycles. The van der Waals surface area contributed by atoms with Crippen LogP contribution in [0.1, 0.15) is 5.56 Å². The Bertz CT molecular complexity index is 815. The second-order valence-electron chi connectivity index (χ2n) is 5.32. The molecule has 0 N–H and O–H groups in total. The molecule has 0 amide bonds. The average Bonchev–Trinajstić information content (AvgIpc) is 2.64. The molecule has 0 saturated carbocycles. The maximum atomic E-state index is 11.8. The van der Waals surface area contributed by atoms with Gasteiger partial charge in [-0.3, -0.25) is 0 Å². The van der Waals surface area contributed by atoms with E-state index >= 15 is 0 Å². The first-order chi connectivity index (χ1) is 12.2. The van der Waals surface area contributed by atoms with Crippen LogP contribution in [0.4, 0.5) is 0 Å². The lowest BCUT2D eigenvalue weighted by atomic mass is 10.2. The topological polar surface area (TPSA) is 57.7 Å². The van der Waals surface area contributed by atoms with Crippen LogP contribution in [-0.4, -0.2) is 17.6 Å². The summed E-state index contributed by atoms with van der Waals surface area (Å²) in [6.07, 6.45) is 1.66. The second-order valence-corrected chi connectivity index (χ2v) is 5.32. The number of hydrogen-bond donors (Lipinski definition) is 0. The Morgan fingerprint density at radius 1 is 0.880 bits per heavy atom. The van der Waals surface area contributed by atoms with Gasteiger partial charge in [-0.1, -0.05) is 23.8 Å². The molecule has 25 heavy (non-hydrogen) atoms. The minimum atomic E-state index is -0.460. The van der Waals surface area contributed by atoms with E-state index in [2.05, 4.69) is 4.98 Å². The third-order valence-corrected chi connectivity index (χ3v) is 3.29. The molecule has 0 aliphatic rings. The van der Waals surface area contributed by atoms with Crippen molar-refractivity contribution in [3.05, 3.63) is 78.5 Å². The molecule has 0 aliphatic heterocycles. The molecule has 5 nitrogen and oxygen atoms in total. The van der Waals surface area contributed by atoms with Crippen LogP contribution >= 0.6 is 0 Å². The Balaban J connectivity index is 1.49. The predicted molar refractivity (Wildman–Crippen MR) is 93.1 cm³/mol. The smallest absolute Gasteiger partial charge is 0.349 e. The summed E-state index contributed by atoms with van der Waals surface area (Å²) in [5, 5.41) is 0. The van der Waals surface area contributed by atoms with Crippen LogP contribution < -0.4 is 14.2 Å². The highest BCUT2D eigenvalue weighted by Gasteiger charge is 2.06. The fraction of sp³-hybridized carbons (Fsp3) is 0.100. The quantitative estimate of drug-likeness (QED) is 0.500. The third kappa shape index (κ3) is 5.07. The van der Waals surface area contributed by atoms with Crippen LogP contribution in [0.15, 0.2) is 72.9 Å². The van der Waals surface area contributed by atoms with Crippen LogP contribution in [-0.2, 0) is 4.79 Å². The Kier molecular flexibility index (Phi) is 5.26. The molecule has 3 aromatic rings. The van der Waals surface area contributed by atoms with Crippen LogP contribution in [0.2, 0.25) is 0 Å². The van der Waals surface area contributed by atoms with Crippen molar-refractivity contribution < 1.29 is 19.0 Å². The number of hydrogen-bond acceptors (Lipinski definition) is 5. The van der Waals surface area contributed by atoms with Gasteiger partial charge in [0.05, 0.1) is 0 Å². The van der Waals surface area contributed by atoms with E-state index < -0.39 is 5.97 Å².